The standard InChI is InChI=1S/C23H29ClN2O2S/c1-3-4-15-25-23(28)18(2)26(17-19-10-8-9-13-21(19)24)22(27)14-16-29-20-11-6-5-7-12-20/h5-13,18H,3-4,14-17H2,1-2H3,(H,25,28)/t18-/m1/s1. The van der Waals surface area contributed by atoms with E-state index in [0.717, 1.165) is 23.3 Å². The van der Waals surface area contributed by atoms with Gasteiger partial charge in [-0.15, -0.1) is 11.8 Å². The highest BCUT2D eigenvalue weighted by atomic mass is 35.5. The van der Waals surface area contributed by atoms with E-state index < -0.39 is 6.04 Å². The van der Waals surface area contributed by atoms with Gasteiger partial charge in [0.05, 0.1) is 0 Å². The third kappa shape index (κ3) is 7.75. The van der Waals surface area contributed by atoms with Crippen molar-refractivity contribution in [2.45, 2.75) is 50.6 Å². The average molecular weight is 433 g/mol. The SMILES string of the molecule is CCCCNC(=O)[C@@H](C)N(Cc1ccccc1Cl)C(=O)CCSc1ccccc1. The zero-order chi connectivity index (χ0) is 21.1. The average Bonchev–Trinajstić information content (AvgIpc) is 2.73. The highest BCUT2D eigenvalue weighted by molar-refractivity contribution is 7.99. The van der Waals surface area contributed by atoms with Crippen LogP contribution in [-0.4, -0.2) is 35.1 Å². The first kappa shape index (κ1) is 23.3. The second kappa shape index (κ2) is 12.6. The predicted molar refractivity (Wildman–Crippen MR) is 121 cm³/mol. The number of benzene rings is 2. The third-order valence-corrected chi connectivity index (χ3v) is 6.01. The zero-order valence-corrected chi connectivity index (χ0v) is 18.6. The monoisotopic (exact) mass is 432 g/mol. The molecule has 0 bridgehead atoms. The van der Waals surface area contributed by atoms with Gasteiger partial charge in [-0.3, -0.25) is 9.59 Å². The molecule has 1 atom stereocenters. The van der Waals surface area contributed by atoms with Gasteiger partial charge in [0.15, 0.2) is 0 Å². The van der Waals surface area contributed by atoms with Crippen molar-refractivity contribution in [1.82, 2.24) is 10.2 Å². The fourth-order valence-electron chi connectivity index (χ4n) is 2.85. The van der Waals surface area contributed by atoms with E-state index in [4.69, 9.17) is 11.6 Å². The minimum absolute atomic E-state index is 0.0495. The summed E-state index contributed by atoms with van der Waals surface area (Å²) in [6, 6.07) is 16.9. The van der Waals surface area contributed by atoms with E-state index in [9.17, 15) is 9.59 Å². The lowest BCUT2D eigenvalue weighted by atomic mass is 10.1. The first-order valence-corrected chi connectivity index (χ1v) is 11.4. The van der Waals surface area contributed by atoms with Crippen molar-refractivity contribution < 1.29 is 9.59 Å². The highest BCUT2D eigenvalue weighted by Crippen LogP contribution is 2.21. The molecule has 0 aromatic heterocycles. The Morgan fingerprint density at radius 3 is 2.48 bits per heavy atom. The van der Waals surface area contributed by atoms with Gasteiger partial charge < -0.3 is 10.2 Å². The van der Waals surface area contributed by atoms with Gasteiger partial charge in [-0.1, -0.05) is 61.3 Å². The number of halogens is 1. The van der Waals surface area contributed by atoms with Gasteiger partial charge in [-0.2, -0.15) is 0 Å². The lowest BCUT2D eigenvalue weighted by Crippen LogP contribution is -2.47. The van der Waals surface area contributed by atoms with Crippen LogP contribution < -0.4 is 5.32 Å². The number of unbranched alkanes of at least 4 members (excludes halogenated alkanes) is 1. The molecule has 0 unspecified atom stereocenters. The number of hydrogen-bond donors (Lipinski definition) is 1. The Labute approximate surface area is 183 Å². The van der Waals surface area contributed by atoms with E-state index in [1.807, 2.05) is 48.5 Å². The summed E-state index contributed by atoms with van der Waals surface area (Å²) >= 11 is 7.94. The molecule has 2 aromatic rings. The lowest BCUT2D eigenvalue weighted by Gasteiger charge is -2.29. The van der Waals surface area contributed by atoms with Crippen LogP contribution in [0.5, 0.6) is 0 Å². The van der Waals surface area contributed by atoms with Crippen molar-refractivity contribution >= 4 is 35.2 Å². The number of nitrogens with one attached hydrogen (secondary N) is 1. The van der Waals surface area contributed by atoms with E-state index in [1.165, 1.54) is 0 Å². The summed E-state index contributed by atoms with van der Waals surface area (Å²) in [7, 11) is 0. The summed E-state index contributed by atoms with van der Waals surface area (Å²) in [5.74, 6) is 0.479. The Hall–Kier alpha value is -1.98. The number of rotatable bonds is 11. The molecule has 0 aliphatic carbocycles. The number of amides is 2. The Morgan fingerprint density at radius 1 is 1.10 bits per heavy atom. The number of thioether (sulfide) groups is 1. The highest BCUT2D eigenvalue weighted by Gasteiger charge is 2.26. The molecular formula is C23H29ClN2O2S. The summed E-state index contributed by atoms with van der Waals surface area (Å²) in [5, 5.41) is 3.53. The number of carbonyl (C=O) groups excluding carboxylic acids is 2. The minimum Gasteiger partial charge on any atom is -0.354 e. The second-order valence-electron chi connectivity index (χ2n) is 6.85. The lowest BCUT2D eigenvalue weighted by molar-refractivity contribution is -0.140. The summed E-state index contributed by atoms with van der Waals surface area (Å²) in [6.45, 7) is 4.79. The molecule has 2 rings (SSSR count). The van der Waals surface area contributed by atoms with Crippen LogP contribution in [0, 0.1) is 0 Å². The smallest absolute Gasteiger partial charge is 0.242 e. The van der Waals surface area contributed by atoms with Crippen LogP contribution in [0.4, 0.5) is 0 Å². The molecule has 0 radical (unpaired) electrons. The topological polar surface area (TPSA) is 49.4 Å². The van der Waals surface area contributed by atoms with Crippen molar-refractivity contribution in [2.24, 2.45) is 0 Å². The van der Waals surface area contributed by atoms with Crippen molar-refractivity contribution in [1.29, 1.82) is 0 Å². The maximum Gasteiger partial charge on any atom is 0.242 e. The Kier molecular flexibility index (Phi) is 10.1. The largest absolute Gasteiger partial charge is 0.354 e. The van der Waals surface area contributed by atoms with Gasteiger partial charge in [0, 0.05) is 35.2 Å². The summed E-state index contributed by atoms with van der Waals surface area (Å²) in [4.78, 5) is 28.4. The maximum atomic E-state index is 13.0. The van der Waals surface area contributed by atoms with Crippen LogP contribution in [-0.2, 0) is 16.1 Å². The Balaban J connectivity index is 2.04. The minimum atomic E-state index is -0.558. The fraction of sp³-hybridized carbons (Fsp3) is 0.391. The van der Waals surface area contributed by atoms with Gasteiger partial charge in [0.2, 0.25) is 11.8 Å². The van der Waals surface area contributed by atoms with Crippen molar-refractivity contribution in [2.75, 3.05) is 12.3 Å². The number of carbonyl (C=O) groups is 2. The van der Waals surface area contributed by atoms with Crippen LogP contribution in [0.25, 0.3) is 0 Å². The molecule has 0 fully saturated rings. The summed E-state index contributed by atoms with van der Waals surface area (Å²) in [6.07, 6.45) is 2.29. The third-order valence-electron chi connectivity index (χ3n) is 4.62. The molecule has 4 nitrogen and oxygen atoms in total. The van der Waals surface area contributed by atoms with E-state index >= 15 is 0 Å². The van der Waals surface area contributed by atoms with Crippen molar-refractivity contribution in [3.8, 4) is 0 Å². The zero-order valence-electron chi connectivity index (χ0n) is 17.1. The Bertz CT molecular complexity index is 785. The van der Waals surface area contributed by atoms with Crippen LogP contribution in [0.15, 0.2) is 59.5 Å². The normalized spacial score (nSPS) is 11.7. The molecular weight excluding hydrogens is 404 g/mol. The summed E-state index contributed by atoms with van der Waals surface area (Å²) in [5.41, 5.74) is 0.839. The van der Waals surface area contributed by atoms with E-state index in [1.54, 1.807) is 29.7 Å². The first-order valence-electron chi connectivity index (χ1n) is 10.0. The van der Waals surface area contributed by atoms with E-state index in [-0.39, 0.29) is 11.8 Å². The summed E-state index contributed by atoms with van der Waals surface area (Å²) < 4.78 is 0. The second-order valence-corrected chi connectivity index (χ2v) is 8.42. The van der Waals surface area contributed by atoms with Gasteiger partial charge in [0.1, 0.15) is 6.04 Å². The Morgan fingerprint density at radius 2 is 1.79 bits per heavy atom. The van der Waals surface area contributed by atoms with Gasteiger partial charge in [-0.05, 0) is 37.1 Å². The quantitative estimate of drug-likeness (QED) is 0.394. The molecule has 29 heavy (non-hydrogen) atoms. The molecule has 156 valence electrons. The fourth-order valence-corrected chi connectivity index (χ4v) is 3.90. The van der Waals surface area contributed by atoms with Gasteiger partial charge in [-0.25, -0.2) is 0 Å². The molecule has 0 saturated heterocycles. The maximum absolute atomic E-state index is 13.0. The molecule has 0 saturated carbocycles. The first-order chi connectivity index (χ1) is 14.0. The molecule has 2 amide bonds. The van der Waals surface area contributed by atoms with Crippen LogP contribution in [0.1, 0.15) is 38.7 Å². The molecule has 0 spiro atoms. The van der Waals surface area contributed by atoms with Gasteiger partial charge >= 0.3 is 0 Å². The van der Waals surface area contributed by atoms with Crippen LogP contribution >= 0.6 is 23.4 Å². The van der Waals surface area contributed by atoms with E-state index in [2.05, 4.69) is 12.2 Å². The van der Waals surface area contributed by atoms with Crippen molar-refractivity contribution in [3.63, 3.8) is 0 Å². The van der Waals surface area contributed by atoms with Crippen molar-refractivity contribution in [3.05, 3.63) is 65.2 Å². The molecule has 6 heteroatoms. The molecule has 2 aromatic carbocycles. The molecule has 1 N–H and O–H groups in total. The number of nitrogens with zero attached hydrogens (tertiary/aromatic N) is 1. The van der Waals surface area contributed by atoms with Gasteiger partial charge in [0.25, 0.3) is 0 Å². The molecule has 0 aliphatic heterocycles. The van der Waals surface area contributed by atoms with Crippen LogP contribution in [0.2, 0.25) is 5.02 Å². The molecule has 0 aliphatic rings. The predicted octanol–water partition coefficient (Wildman–Crippen LogP) is 5.16. The van der Waals surface area contributed by atoms with Crippen LogP contribution in [0.3, 0.4) is 0 Å². The molecule has 0 heterocycles. The van der Waals surface area contributed by atoms with E-state index in [0.29, 0.717) is 30.3 Å². The number of hydrogen-bond acceptors (Lipinski definition) is 3.